The maximum absolute atomic E-state index is 13.1. The average molecular weight is 477 g/mol. The highest BCUT2D eigenvalue weighted by Gasteiger charge is 2.25. The number of ether oxygens (including phenoxy) is 1. The first-order valence-corrected chi connectivity index (χ1v) is 12.3. The van der Waals surface area contributed by atoms with E-state index in [0.717, 1.165) is 21.8 Å². The van der Waals surface area contributed by atoms with E-state index in [2.05, 4.69) is 22.8 Å². The lowest BCUT2D eigenvalue weighted by atomic mass is 10.1. The minimum absolute atomic E-state index is 0.293. The van der Waals surface area contributed by atoms with E-state index < -0.39 is 17.7 Å². The van der Waals surface area contributed by atoms with Crippen molar-refractivity contribution in [3.05, 3.63) is 95.6 Å². The van der Waals surface area contributed by atoms with Crippen LogP contribution in [0.2, 0.25) is 0 Å². The van der Waals surface area contributed by atoms with Gasteiger partial charge in [0.25, 0.3) is 0 Å². The summed E-state index contributed by atoms with van der Waals surface area (Å²) in [6.45, 7) is 7.40. The van der Waals surface area contributed by atoms with Crippen LogP contribution in [0.3, 0.4) is 0 Å². The van der Waals surface area contributed by atoms with E-state index in [0.29, 0.717) is 12.1 Å². The van der Waals surface area contributed by atoms with Gasteiger partial charge in [-0.3, -0.25) is 4.79 Å². The number of carbonyl (C=O) groups is 2. The normalized spacial score (nSPS) is 12.0. The monoisotopic (exact) mass is 476 g/mol. The van der Waals surface area contributed by atoms with Crippen LogP contribution in [0.4, 0.5) is 10.5 Å². The molecule has 0 aliphatic rings. The summed E-state index contributed by atoms with van der Waals surface area (Å²) in [5.41, 5.74) is 3.33. The Kier molecular flexibility index (Phi) is 8.77. The van der Waals surface area contributed by atoms with Crippen molar-refractivity contribution in [2.24, 2.45) is 0 Å². The van der Waals surface area contributed by atoms with E-state index in [1.54, 1.807) is 32.5 Å². The highest BCUT2D eigenvalue weighted by atomic mass is 32.2. The van der Waals surface area contributed by atoms with Gasteiger partial charge in [-0.15, -0.1) is 11.8 Å². The molecule has 178 valence electrons. The Balaban J connectivity index is 1.68. The fourth-order valence-electron chi connectivity index (χ4n) is 3.36. The van der Waals surface area contributed by atoms with Crippen LogP contribution in [0, 0.1) is 6.92 Å². The molecule has 6 heteroatoms. The minimum Gasteiger partial charge on any atom is -0.444 e. The van der Waals surface area contributed by atoms with Crippen molar-refractivity contribution in [1.82, 2.24) is 5.32 Å². The lowest BCUT2D eigenvalue weighted by Gasteiger charge is -2.23. The first-order valence-electron chi connectivity index (χ1n) is 11.3. The van der Waals surface area contributed by atoms with Gasteiger partial charge in [0.1, 0.15) is 11.6 Å². The Morgan fingerprint density at radius 2 is 1.53 bits per heavy atom. The molecule has 2 N–H and O–H groups in total. The second kappa shape index (κ2) is 11.7. The van der Waals surface area contributed by atoms with Gasteiger partial charge in [0.15, 0.2) is 0 Å². The van der Waals surface area contributed by atoms with Gasteiger partial charge in [0.05, 0.1) is 0 Å². The fourth-order valence-corrected chi connectivity index (χ4v) is 4.33. The van der Waals surface area contributed by atoms with E-state index in [1.165, 1.54) is 5.56 Å². The van der Waals surface area contributed by atoms with Gasteiger partial charge in [-0.25, -0.2) is 4.79 Å². The quantitative estimate of drug-likeness (QED) is 0.371. The third kappa shape index (κ3) is 8.27. The average Bonchev–Trinajstić information content (AvgIpc) is 2.78. The number of hydrogen-bond acceptors (Lipinski definition) is 4. The predicted molar refractivity (Wildman–Crippen MR) is 139 cm³/mol. The molecule has 3 aromatic rings. The van der Waals surface area contributed by atoms with Crippen molar-refractivity contribution in [3.63, 3.8) is 0 Å². The number of benzene rings is 3. The number of aryl methyl sites for hydroxylation is 1. The first kappa shape index (κ1) is 25.4. The van der Waals surface area contributed by atoms with Gasteiger partial charge in [-0.1, -0.05) is 60.7 Å². The summed E-state index contributed by atoms with van der Waals surface area (Å²) in [4.78, 5) is 26.7. The summed E-state index contributed by atoms with van der Waals surface area (Å²) in [6, 6.07) is 25.0. The van der Waals surface area contributed by atoms with Crippen molar-refractivity contribution in [2.45, 2.75) is 56.4 Å². The number of nitrogens with one attached hydrogen (secondary N) is 2. The van der Waals surface area contributed by atoms with E-state index in [-0.39, 0.29) is 5.91 Å². The Labute approximate surface area is 206 Å². The lowest BCUT2D eigenvalue weighted by Crippen LogP contribution is -2.47. The SMILES string of the molecule is Cc1cc(NC(=O)[C@H](Cc2ccccc2)NC(=O)OC(C)(C)C)ccc1SCc1ccccc1. The lowest BCUT2D eigenvalue weighted by molar-refractivity contribution is -0.118. The molecule has 5 nitrogen and oxygen atoms in total. The molecule has 34 heavy (non-hydrogen) atoms. The Morgan fingerprint density at radius 3 is 2.12 bits per heavy atom. The van der Waals surface area contributed by atoms with Crippen LogP contribution in [-0.2, 0) is 21.7 Å². The van der Waals surface area contributed by atoms with Crippen LogP contribution in [0.1, 0.15) is 37.5 Å². The molecule has 3 rings (SSSR count). The van der Waals surface area contributed by atoms with Crippen molar-refractivity contribution >= 4 is 29.4 Å². The Hall–Kier alpha value is -3.25. The van der Waals surface area contributed by atoms with Gasteiger partial charge in [-0.05, 0) is 62.6 Å². The molecule has 1 atom stereocenters. The molecule has 0 fully saturated rings. The molecule has 0 saturated carbocycles. The van der Waals surface area contributed by atoms with Crippen molar-refractivity contribution in [3.8, 4) is 0 Å². The molecule has 0 aromatic heterocycles. The van der Waals surface area contributed by atoms with Crippen LogP contribution in [0.25, 0.3) is 0 Å². The molecule has 0 radical (unpaired) electrons. The second-order valence-corrected chi connectivity index (χ2v) is 10.1. The summed E-state index contributed by atoms with van der Waals surface area (Å²) < 4.78 is 5.37. The summed E-state index contributed by atoms with van der Waals surface area (Å²) >= 11 is 1.76. The third-order valence-electron chi connectivity index (χ3n) is 4.97. The van der Waals surface area contributed by atoms with Crippen molar-refractivity contribution < 1.29 is 14.3 Å². The molecule has 0 aliphatic carbocycles. The summed E-state index contributed by atoms with van der Waals surface area (Å²) in [7, 11) is 0. The molecule has 2 amide bonds. The van der Waals surface area contributed by atoms with E-state index in [4.69, 9.17) is 4.74 Å². The van der Waals surface area contributed by atoms with Gasteiger partial charge in [0.2, 0.25) is 5.91 Å². The first-order chi connectivity index (χ1) is 16.2. The zero-order valence-electron chi connectivity index (χ0n) is 20.1. The van der Waals surface area contributed by atoms with E-state index >= 15 is 0 Å². The van der Waals surface area contributed by atoms with Crippen LogP contribution >= 0.6 is 11.8 Å². The molecule has 0 heterocycles. The largest absolute Gasteiger partial charge is 0.444 e. The number of hydrogen-bond donors (Lipinski definition) is 2. The van der Waals surface area contributed by atoms with E-state index in [9.17, 15) is 9.59 Å². The number of rotatable bonds is 8. The molecule has 0 spiro atoms. The van der Waals surface area contributed by atoms with Gasteiger partial charge < -0.3 is 15.4 Å². The highest BCUT2D eigenvalue weighted by Crippen LogP contribution is 2.28. The molecule has 0 unspecified atom stereocenters. The molecule has 0 aliphatic heterocycles. The van der Waals surface area contributed by atoms with E-state index in [1.807, 2.05) is 73.7 Å². The Bertz CT molecular complexity index is 1100. The number of thioether (sulfide) groups is 1. The third-order valence-corrected chi connectivity index (χ3v) is 6.22. The standard InChI is InChI=1S/C28H32N2O3S/c1-20-17-23(15-16-25(20)34-19-22-13-9-6-10-14-22)29-26(31)24(18-21-11-7-5-8-12-21)30-27(32)33-28(2,3)4/h5-17,24H,18-19H2,1-4H3,(H,29,31)(H,30,32)/t24-/m0/s1. The number of alkyl carbamates (subject to hydrolysis) is 1. The molecular formula is C28H32N2O3S. The number of carbonyl (C=O) groups excluding carboxylic acids is 2. The van der Waals surface area contributed by atoms with Crippen molar-refractivity contribution in [1.29, 1.82) is 0 Å². The number of amides is 2. The molecule has 0 bridgehead atoms. The topological polar surface area (TPSA) is 67.4 Å². The molecule has 0 saturated heterocycles. The predicted octanol–water partition coefficient (Wildman–Crippen LogP) is 6.36. The maximum Gasteiger partial charge on any atom is 0.408 e. The molecule has 3 aromatic carbocycles. The smallest absolute Gasteiger partial charge is 0.408 e. The highest BCUT2D eigenvalue weighted by molar-refractivity contribution is 7.98. The fraction of sp³-hybridized carbons (Fsp3) is 0.286. The van der Waals surface area contributed by atoms with Crippen LogP contribution in [0.5, 0.6) is 0 Å². The van der Waals surface area contributed by atoms with Crippen LogP contribution in [0.15, 0.2) is 83.8 Å². The summed E-state index contributed by atoms with van der Waals surface area (Å²) in [6.07, 6.45) is -0.261. The van der Waals surface area contributed by atoms with Gasteiger partial charge in [0, 0.05) is 22.8 Å². The van der Waals surface area contributed by atoms with Crippen LogP contribution < -0.4 is 10.6 Å². The van der Waals surface area contributed by atoms with Gasteiger partial charge >= 0.3 is 6.09 Å². The molecular weight excluding hydrogens is 444 g/mol. The summed E-state index contributed by atoms with van der Waals surface area (Å²) in [5.74, 6) is 0.589. The van der Waals surface area contributed by atoms with Gasteiger partial charge in [-0.2, -0.15) is 0 Å². The van der Waals surface area contributed by atoms with Crippen LogP contribution in [-0.4, -0.2) is 23.6 Å². The van der Waals surface area contributed by atoms with Crippen molar-refractivity contribution in [2.75, 3.05) is 5.32 Å². The zero-order valence-corrected chi connectivity index (χ0v) is 20.9. The number of anilines is 1. The second-order valence-electron chi connectivity index (χ2n) is 9.13. The minimum atomic E-state index is -0.773. The maximum atomic E-state index is 13.1. The zero-order chi connectivity index (χ0) is 24.6. The Morgan fingerprint density at radius 1 is 0.912 bits per heavy atom. The summed E-state index contributed by atoms with van der Waals surface area (Å²) in [5, 5.41) is 5.68.